The zero-order chi connectivity index (χ0) is 10.0. The van der Waals surface area contributed by atoms with Gasteiger partial charge in [0, 0.05) is 0 Å². The van der Waals surface area contributed by atoms with Crippen LogP contribution in [0, 0.1) is 11.6 Å². The molecule has 1 rings (SSSR count). The average molecular weight is 188 g/mol. The molecule has 0 radical (unpaired) electrons. The summed E-state index contributed by atoms with van der Waals surface area (Å²) in [4.78, 5) is 10.4. The molecule has 13 heavy (non-hydrogen) atoms. The van der Waals surface area contributed by atoms with E-state index < -0.39 is 23.2 Å². The molecule has 0 saturated carbocycles. The van der Waals surface area contributed by atoms with Gasteiger partial charge in [0.1, 0.15) is 11.4 Å². The summed E-state index contributed by atoms with van der Waals surface area (Å²) in [7, 11) is 1.17. The van der Waals surface area contributed by atoms with E-state index in [4.69, 9.17) is 5.11 Å². The molecule has 0 fully saturated rings. The summed E-state index contributed by atoms with van der Waals surface area (Å²) < 4.78 is 30.3. The first-order valence-corrected chi connectivity index (χ1v) is 3.33. The molecule has 0 atom stereocenters. The number of methoxy groups -OCH3 is 1. The Labute approximate surface area is 72.6 Å². The van der Waals surface area contributed by atoms with Crippen LogP contribution >= 0.6 is 0 Å². The molecule has 0 unspecified atom stereocenters. The molecule has 0 saturated heterocycles. The molecule has 5 heteroatoms. The second-order valence-corrected chi connectivity index (χ2v) is 2.24. The first kappa shape index (κ1) is 9.44. The van der Waals surface area contributed by atoms with E-state index in [0.29, 0.717) is 0 Å². The Morgan fingerprint density at radius 1 is 1.46 bits per heavy atom. The van der Waals surface area contributed by atoms with Gasteiger partial charge in [-0.2, -0.15) is 0 Å². The van der Waals surface area contributed by atoms with E-state index in [1.807, 2.05) is 0 Å². The molecule has 1 N–H and O–H groups in total. The highest BCUT2D eigenvalue weighted by Gasteiger charge is 2.19. The predicted molar refractivity (Wildman–Crippen MR) is 39.9 cm³/mol. The quantitative estimate of drug-likeness (QED) is 0.767. The van der Waals surface area contributed by atoms with Gasteiger partial charge in [0.2, 0.25) is 0 Å². The first-order chi connectivity index (χ1) is 6.07. The fourth-order valence-corrected chi connectivity index (χ4v) is 0.887. The second-order valence-electron chi connectivity index (χ2n) is 2.24. The third-order valence-electron chi connectivity index (χ3n) is 1.49. The maximum Gasteiger partial charge on any atom is 0.341 e. The number of aromatic carboxylic acids is 1. The van der Waals surface area contributed by atoms with Gasteiger partial charge >= 0.3 is 5.97 Å². The van der Waals surface area contributed by atoms with E-state index >= 15 is 0 Å². The minimum absolute atomic E-state index is 0.293. The van der Waals surface area contributed by atoms with E-state index in [0.717, 1.165) is 12.1 Å². The summed E-state index contributed by atoms with van der Waals surface area (Å²) in [6.07, 6.45) is 0. The minimum Gasteiger partial charge on any atom is -0.494 e. The second kappa shape index (κ2) is 3.38. The molecular weight excluding hydrogens is 182 g/mol. The summed E-state index contributed by atoms with van der Waals surface area (Å²) in [5.41, 5.74) is -1.00. The molecule has 0 aliphatic heterocycles. The molecule has 0 amide bonds. The van der Waals surface area contributed by atoms with E-state index in [9.17, 15) is 13.6 Å². The number of carboxylic acids is 1. The normalized spacial score (nSPS) is 9.77. The maximum absolute atomic E-state index is 13.0. The lowest BCUT2D eigenvalue weighted by molar-refractivity contribution is 0.0685. The Kier molecular flexibility index (Phi) is 2.46. The van der Waals surface area contributed by atoms with Crippen molar-refractivity contribution in [3.05, 3.63) is 29.3 Å². The number of rotatable bonds is 2. The van der Waals surface area contributed by atoms with Crippen LogP contribution in [0.2, 0.25) is 0 Å². The van der Waals surface area contributed by atoms with Crippen LogP contribution in [0.4, 0.5) is 8.78 Å². The van der Waals surface area contributed by atoms with Crippen LogP contribution in [0.1, 0.15) is 10.4 Å². The molecule has 0 aliphatic carbocycles. The van der Waals surface area contributed by atoms with Gasteiger partial charge in [-0.25, -0.2) is 13.6 Å². The van der Waals surface area contributed by atoms with Crippen LogP contribution in [0.25, 0.3) is 0 Å². The standard InChI is InChI=1S/C8H6F2O3/c1-13-5-3-2-4(9)6(7(5)10)8(11)12/h2-3H,1H3,(H,11,12). The summed E-state index contributed by atoms with van der Waals surface area (Å²) in [6, 6.07) is 1.86. The van der Waals surface area contributed by atoms with Crippen LogP contribution in [0.5, 0.6) is 5.75 Å². The highest BCUT2D eigenvalue weighted by Crippen LogP contribution is 2.22. The smallest absolute Gasteiger partial charge is 0.341 e. The van der Waals surface area contributed by atoms with E-state index in [2.05, 4.69) is 4.74 Å². The number of ether oxygens (including phenoxy) is 1. The topological polar surface area (TPSA) is 46.5 Å². The Bertz CT molecular complexity index is 349. The summed E-state index contributed by atoms with van der Waals surface area (Å²) in [5.74, 6) is -4.27. The van der Waals surface area contributed by atoms with Gasteiger partial charge in [0.25, 0.3) is 0 Å². The van der Waals surface area contributed by atoms with Gasteiger partial charge in [0.15, 0.2) is 11.6 Å². The van der Waals surface area contributed by atoms with Crippen LogP contribution in [-0.2, 0) is 0 Å². The number of carbonyl (C=O) groups is 1. The number of halogens is 2. The van der Waals surface area contributed by atoms with E-state index in [1.54, 1.807) is 0 Å². The van der Waals surface area contributed by atoms with Crippen molar-refractivity contribution >= 4 is 5.97 Å². The number of hydrogen-bond donors (Lipinski definition) is 1. The van der Waals surface area contributed by atoms with Gasteiger partial charge in [-0.3, -0.25) is 0 Å². The van der Waals surface area contributed by atoms with Crippen LogP contribution in [0.15, 0.2) is 12.1 Å². The summed E-state index contributed by atoms with van der Waals surface area (Å²) >= 11 is 0. The molecule has 0 heterocycles. The molecule has 0 bridgehead atoms. The van der Waals surface area contributed by atoms with Gasteiger partial charge in [-0.05, 0) is 12.1 Å². The highest BCUT2D eigenvalue weighted by atomic mass is 19.1. The van der Waals surface area contributed by atoms with Crippen molar-refractivity contribution in [2.75, 3.05) is 7.11 Å². The van der Waals surface area contributed by atoms with Crippen molar-refractivity contribution in [2.45, 2.75) is 0 Å². The third-order valence-corrected chi connectivity index (χ3v) is 1.49. The van der Waals surface area contributed by atoms with Crippen LogP contribution in [-0.4, -0.2) is 18.2 Å². The number of carboxylic acid groups (broad SMARTS) is 1. The summed E-state index contributed by atoms with van der Waals surface area (Å²) in [5, 5.41) is 8.43. The molecule has 0 aromatic heterocycles. The fourth-order valence-electron chi connectivity index (χ4n) is 0.887. The largest absolute Gasteiger partial charge is 0.494 e. The molecule has 70 valence electrons. The van der Waals surface area contributed by atoms with Crippen LogP contribution in [0.3, 0.4) is 0 Å². The van der Waals surface area contributed by atoms with Crippen molar-refractivity contribution in [2.24, 2.45) is 0 Å². The van der Waals surface area contributed by atoms with Crippen molar-refractivity contribution in [1.82, 2.24) is 0 Å². The third kappa shape index (κ3) is 1.58. The molecule has 1 aromatic carbocycles. The Morgan fingerprint density at radius 3 is 2.54 bits per heavy atom. The molecular formula is C8H6F2O3. The molecule has 0 spiro atoms. The number of benzene rings is 1. The first-order valence-electron chi connectivity index (χ1n) is 3.33. The zero-order valence-electron chi connectivity index (χ0n) is 6.67. The van der Waals surface area contributed by atoms with Gasteiger partial charge < -0.3 is 9.84 Å². The lowest BCUT2D eigenvalue weighted by Gasteiger charge is -2.04. The molecule has 1 aromatic rings. The van der Waals surface area contributed by atoms with Crippen molar-refractivity contribution in [3.63, 3.8) is 0 Å². The van der Waals surface area contributed by atoms with Gasteiger partial charge in [-0.1, -0.05) is 0 Å². The van der Waals surface area contributed by atoms with Crippen molar-refractivity contribution < 1.29 is 23.4 Å². The lowest BCUT2D eigenvalue weighted by atomic mass is 10.2. The van der Waals surface area contributed by atoms with Crippen molar-refractivity contribution in [1.29, 1.82) is 0 Å². The van der Waals surface area contributed by atoms with E-state index in [1.165, 1.54) is 7.11 Å². The monoisotopic (exact) mass is 188 g/mol. The van der Waals surface area contributed by atoms with E-state index in [-0.39, 0.29) is 5.75 Å². The minimum atomic E-state index is -1.66. The number of hydrogen-bond acceptors (Lipinski definition) is 2. The Hall–Kier alpha value is -1.65. The molecule has 0 aliphatic rings. The highest BCUT2D eigenvalue weighted by molar-refractivity contribution is 5.88. The maximum atomic E-state index is 13.0. The predicted octanol–water partition coefficient (Wildman–Crippen LogP) is 1.67. The van der Waals surface area contributed by atoms with Crippen molar-refractivity contribution in [3.8, 4) is 5.75 Å². The summed E-state index contributed by atoms with van der Waals surface area (Å²) in [6.45, 7) is 0. The Morgan fingerprint density at radius 2 is 2.08 bits per heavy atom. The Balaban J connectivity index is 3.38. The van der Waals surface area contributed by atoms with Crippen LogP contribution < -0.4 is 4.74 Å². The van der Waals surface area contributed by atoms with Gasteiger partial charge in [-0.15, -0.1) is 0 Å². The lowest BCUT2D eigenvalue weighted by Crippen LogP contribution is -2.05. The fraction of sp³-hybridized carbons (Fsp3) is 0.125. The SMILES string of the molecule is COc1ccc(F)c(C(=O)O)c1F. The van der Waals surface area contributed by atoms with Gasteiger partial charge in [0.05, 0.1) is 7.11 Å². The average Bonchev–Trinajstić information content (AvgIpc) is 2.04. The zero-order valence-corrected chi connectivity index (χ0v) is 6.67. The molecule has 3 nitrogen and oxygen atoms in total.